The van der Waals surface area contributed by atoms with Gasteiger partial charge in [0, 0.05) is 6.61 Å². The van der Waals surface area contributed by atoms with Gasteiger partial charge in [0.15, 0.2) is 0 Å². The molecule has 0 aromatic rings. The highest BCUT2D eigenvalue weighted by Crippen LogP contribution is 2.15. The maximum absolute atomic E-state index is 9.61. The molecule has 2 nitrogen and oxygen atoms in total. The van der Waals surface area contributed by atoms with Crippen LogP contribution in [0.3, 0.4) is 0 Å². The Morgan fingerprint density at radius 1 is 0.636 bits per heavy atom. The standard InChI is InChI=1S/C20H40O2/c1-20(2,22)18-16-14-12-10-8-6-4-3-5-7-9-11-13-15-17-19-21/h3-4,21-22H,5-19H2,1-2H3. The largest absolute Gasteiger partial charge is 0.396 e. The van der Waals surface area contributed by atoms with E-state index < -0.39 is 5.60 Å². The molecule has 0 aromatic carbocycles. The highest BCUT2D eigenvalue weighted by atomic mass is 16.3. The van der Waals surface area contributed by atoms with Crippen molar-refractivity contribution >= 4 is 0 Å². The van der Waals surface area contributed by atoms with Crippen LogP contribution in [0.1, 0.15) is 104 Å². The predicted octanol–water partition coefficient (Wildman–Crippen LogP) is 5.77. The number of unbranched alkanes of at least 4 members (excludes halogenated alkanes) is 11. The minimum atomic E-state index is -0.485. The van der Waals surface area contributed by atoms with Gasteiger partial charge in [-0.15, -0.1) is 0 Å². The summed E-state index contributed by atoms with van der Waals surface area (Å²) in [7, 11) is 0. The van der Waals surface area contributed by atoms with Gasteiger partial charge in [0.1, 0.15) is 0 Å². The van der Waals surface area contributed by atoms with E-state index in [4.69, 9.17) is 5.11 Å². The first-order valence-corrected chi connectivity index (χ1v) is 9.54. The lowest BCUT2D eigenvalue weighted by Gasteiger charge is -2.16. The van der Waals surface area contributed by atoms with Crippen LogP contribution in [0.2, 0.25) is 0 Å². The van der Waals surface area contributed by atoms with Crippen molar-refractivity contribution in [2.75, 3.05) is 6.61 Å². The second kappa shape index (κ2) is 15.6. The maximum atomic E-state index is 9.61. The summed E-state index contributed by atoms with van der Waals surface area (Å²) in [6.07, 6.45) is 21.8. The third kappa shape index (κ3) is 19.7. The van der Waals surface area contributed by atoms with Crippen LogP contribution in [0.4, 0.5) is 0 Å². The predicted molar refractivity (Wildman–Crippen MR) is 97.2 cm³/mol. The van der Waals surface area contributed by atoms with Crippen molar-refractivity contribution in [3.63, 3.8) is 0 Å². The van der Waals surface area contributed by atoms with E-state index in [0.29, 0.717) is 6.61 Å². The molecule has 0 atom stereocenters. The Balaban J connectivity index is 3.12. The van der Waals surface area contributed by atoms with E-state index >= 15 is 0 Å². The van der Waals surface area contributed by atoms with Gasteiger partial charge in [-0.25, -0.2) is 0 Å². The Morgan fingerprint density at radius 2 is 1.05 bits per heavy atom. The van der Waals surface area contributed by atoms with Gasteiger partial charge in [-0.2, -0.15) is 0 Å². The molecule has 0 aromatic heterocycles. The summed E-state index contributed by atoms with van der Waals surface area (Å²) in [5.41, 5.74) is -0.485. The molecule has 0 aliphatic rings. The smallest absolute Gasteiger partial charge is 0.0591 e. The SMILES string of the molecule is CC(C)(O)CCCCCCCC=CCCCCCCCCO. The van der Waals surface area contributed by atoms with Crippen LogP contribution in [0.25, 0.3) is 0 Å². The molecule has 22 heavy (non-hydrogen) atoms. The molecule has 0 saturated heterocycles. The van der Waals surface area contributed by atoms with E-state index in [1.807, 2.05) is 13.8 Å². The van der Waals surface area contributed by atoms with Crippen molar-refractivity contribution in [3.8, 4) is 0 Å². The van der Waals surface area contributed by atoms with Gasteiger partial charge in [-0.3, -0.25) is 0 Å². The fourth-order valence-electron chi connectivity index (χ4n) is 2.67. The molecule has 0 aliphatic carbocycles. The first-order chi connectivity index (χ1) is 10.6. The molecule has 0 bridgehead atoms. The van der Waals surface area contributed by atoms with Crippen LogP contribution >= 0.6 is 0 Å². The van der Waals surface area contributed by atoms with E-state index in [-0.39, 0.29) is 0 Å². The quantitative estimate of drug-likeness (QED) is 0.281. The van der Waals surface area contributed by atoms with Crippen molar-refractivity contribution in [3.05, 3.63) is 12.2 Å². The van der Waals surface area contributed by atoms with Crippen LogP contribution in [-0.4, -0.2) is 22.4 Å². The van der Waals surface area contributed by atoms with Crippen molar-refractivity contribution < 1.29 is 10.2 Å². The summed E-state index contributed by atoms with van der Waals surface area (Å²) >= 11 is 0. The highest BCUT2D eigenvalue weighted by molar-refractivity contribution is 4.81. The molecule has 0 spiro atoms. The van der Waals surface area contributed by atoms with Gasteiger partial charge in [0.2, 0.25) is 0 Å². The van der Waals surface area contributed by atoms with Crippen LogP contribution in [0.15, 0.2) is 12.2 Å². The molecule has 2 N–H and O–H groups in total. The monoisotopic (exact) mass is 312 g/mol. The van der Waals surface area contributed by atoms with Crippen LogP contribution in [-0.2, 0) is 0 Å². The number of hydrogen-bond donors (Lipinski definition) is 2. The summed E-state index contributed by atoms with van der Waals surface area (Å²) in [5, 5.41) is 18.3. The van der Waals surface area contributed by atoms with E-state index in [0.717, 1.165) is 19.3 Å². The van der Waals surface area contributed by atoms with Gasteiger partial charge in [-0.05, 0) is 52.4 Å². The zero-order valence-electron chi connectivity index (χ0n) is 15.2. The molecule has 2 heteroatoms. The van der Waals surface area contributed by atoms with Gasteiger partial charge in [-0.1, -0.05) is 63.5 Å². The van der Waals surface area contributed by atoms with E-state index in [2.05, 4.69) is 12.2 Å². The van der Waals surface area contributed by atoms with Crippen molar-refractivity contribution in [2.45, 2.75) is 109 Å². The fraction of sp³-hybridized carbons (Fsp3) is 0.900. The van der Waals surface area contributed by atoms with E-state index in [1.165, 1.54) is 70.6 Å². The normalized spacial score (nSPS) is 12.4. The molecule has 0 saturated carbocycles. The Bertz CT molecular complexity index is 241. The Morgan fingerprint density at radius 3 is 1.50 bits per heavy atom. The van der Waals surface area contributed by atoms with Crippen LogP contribution in [0.5, 0.6) is 0 Å². The van der Waals surface area contributed by atoms with Crippen molar-refractivity contribution in [2.24, 2.45) is 0 Å². The number of aliphatic hydroxyl groups is 2. The average Bonchev–Trinajstić information content (AvgIpc) is 2.45. The zero-order valence-corrected chi connectivity index (χ0v) is 15.2. The van der Waals surface area contributed by atoms with Crippen LogP contribution in [0, 0.1) is 0 Å². The summed E-state index contributed by atoms with van der Waals surface area (Å²) < 4.78 is 0. The maximum Gasteiger partial charge on any atom is 0.0591 e. The molecular weight excluding hydrogens is 272 g/mol. The lowest BCUT2D eigenvalue weighted by atomic mass is 10.00. The number of allylic oxidation sites excluding steroid dienone is 2. The molecule has 132 valence electrons. The molecule has 0 unspecified atom stereocenters. The number of hydrogen-bond acceptors (Lipinski definition) is 2. The Kier molecular flexibility index (Phi) is 15.3. The molecule has 0 heterocycles. The summed E-state index contributed by atoms with van der Waals surface area (Å²) in [6.45, 7) is 4.14. The molecular formula is C20H40O2. The summed E-state index contributed by atoms with van der Waals surface area (Å²) in [6, 6.07) is 0. The average molecular weight is 313 g/mol. The first-order valence-electron chi connectivity index (χ1n) is 9.54. The molecule has 0 radical (unpaired) electrons. The fourth-order valence-corrected chi connectivity index (χ4v) is 2.67. The minimum Gasteiger partial charge on any atom is -0.396 e. The Hall–Kier alpha value is -0.340. The van der Waals surface area contributed by atoms with Crippen molar-refractivity contribution in [1.82, 2.24) is 0 Å². The molecule has 0 fully saturated rings. The van der Waals surface area contributed by atoms with E-state index in [1.54, 1.807) is 0 Å². The zero-order chi connectivity index (χ0) is 16.5. The lowest BCUT2D eigenvalue weighted by Crippen LogP contribution is -2.17. The molecule has 0 aliphatic heterocycles. The van der Waals surface area contributed by atoms with Gasteiger partial charge in [0.05, 0.1) is 5.60 Å². The lowest BCUT2D eigenvalue weighted by molar-refractivity contribution is 0.0680. The second-order valence-electron chi connectivity index (χ2n) is 7.22. The Labute approximate surface area is 139 Å². The third-order valence-corrected chi connectivity index (χ3v) is 4.10. The first kappa shape index (κ1) is 21.7. The molecule has 0 amide bonds. The van der Waals surface area contributed by atoms with Crippen LogP contribution < -0.4 is 0 Å². The summed E-state index contributed by atoms with van der Waals surface area (Å²) in [5.74, 6) is 0. The van der Waals surface area contributed by atoms with Gasteiger partial charge in [0.25, 0.3) is 0 Å². The van der Waals surface area contributed by atoms with Gasteiger partial charge < -0.3 is 10.2 Å². The topological polar surface area (TPSA) is 40.5 Å². The van der Waals surface area contributed by atoms with E-state index in [9.17, 15) is 5.11 Å². The highest BCUT2D eigenvalue weighted by Gasteiger charge is 2.10. The third-order valence-electron chi connectivity index (χ3n) is 4.10. The minimum absolute atomic E-state index is 0.349. The number of rotatable bonds is 16. The second-order valence-corrected chi connectivity index (χ2v) is 7.22. The molecule has 0 rings (SSSR count). The summed E-state index contributed by atoms with van der Waals surface area (Å²) in [4.78, 5) is 0. The van der Waals surface area contributed by atoms with Crippen molar-refractivity contribution in [1.29, 1.82) is 0 Å². The van der Waals surface area contributed by atoms with Gasteiger partial charge >= 0.3 is 0 Å². The number of aliphatic hydroxyl groups excluding tert-OH is 1.